The first-order chi connectivity index (χ1) is 9.43. The van der Waals surface area contributed by atoms with Gasteiger partial charge in [-0.05, 0) is 24.5 Å². The maximum absolute atomic E-state index is 12.5. The minimum Gasteiger partial charge on any atom is -0.334 e. The molecule has 3 rings (SSSR count). The smallest absolute Gasteiger partial charge is 0.334 e. The van der Waals surface area contributed by atoms with Crippen molar-refractivity contribution in [2.75, 3.05) is 0 Å². The molecule has 20 heavy (non-hydrogen) atoms. The lowest BCUT2D eigenvalue weighted by atomic mass is 10.0. The topological polar surface area (TPSA) is 17.8 Å². The Hall–Kier alpha value is -1.78. The van der Waals surface area contributed by atoms with Gasteiger partial charge in [0, 0.05) is 24.7 Å². The lowest BCUT2D eigenvalue weighted by molar-refractivity contribution is -0.137. The van der Waals surface area contributed by atoms with Crippen molar-refractivity contribution in [2.45, 2.75) is 32.5 Å². The maximum Gasteiger partial charge on any atom is 0.416 e. The van der Waals surface area contributed by atoms with Gasteiger partial charge in [-0.25, -0.2) is 4.98 Å². The van der Waals surface area contributed by atoms with E-state index in [9.17, 15) is 13.2 Å². The van der Waals surface area contributed by atoms with E-state index in [0.29, 0.717) is 5.92 Å². The first kappa shape index (κ1) is 13.2. The first-order valence-electron chi connectivity index (χ1n) is 6.67. The van der Waals surface area contributed by atoms with Gasteiger partial charge in [0.1, 0.15) is 5.82 Å². The zero-order chi connectivity index (χ0) is 14.3. The predicted octanol–water partition coefficient (Wildman–Crippen LogP) is 4.15. The second-order valence-electron chi connectivity index (χ2n) is 5.41. The fourth-order valence-electron chi connectivity index (χ4n) is 2.55. The van der Waals surface area contributed by atoms with E-state index in [2.05, 4.69) is 16.5 Å². The number of halogens is 3. The maximum atomic E-state index is 12.5. The van der Waals surface area contributed by atoms with Crippen LogP contribution in [0.15, 0.2) is 30.5 Å². The molecule has 0 N–H and O–H groups in total. The van der Waals surface area contributed by atoms with Crippen LogP contribution in [0.2, 0.25) is 0 Å². The second kappa shape index (κ2) is 4.65. The highest BCUT2D eigenvalue weighted by Gasteiger charge is 2.30. The van der Waals surface area contributed by atoms with Gasteiger partial charge in [0.15, 0.2) is 0 Å². The van der Waals surface area contributed by atoms with Crippen LogP contribution in [0.3, 0.4) is 0 Å². The number of hydrogen-bond acceptors (Lipinski definition) is 1. The van der Waals surface area contributed by atoms with Crippen molar-refractivity contribution in [3.8, 4) is 11.3 Å². The van der Waals surface area contributed by atoms with Gasteiger partial charge in [0.05, 0.1) is 11.3 Å². The predicted molar refractivity (Wildman–Crippen MR) is 70.2 cm³/mol. The molecule has 0 saturated heterocycles. The molecule has 0 spiro atoms. The van der Waals surface area contributed by atoms with Crippen LogP contribution in [0.5, 0.6) is 0 Å². The first-order valence-corrected chi connectivity index (χ1v) is 6.67. The molecule has 5 heteroatoms. The summed E-state index contributed by atoms with van der Waals surface area (Å²) in [5, 5.41) is 0. The number of hydrogen-bond donors (Lipinski definition) is 0. The van der Waals surface area contributed by atoms with Crippen molar-refractivity contribution in [1.29, 1.82) is 0 Å². The average molecular weight is 280 g/mol. The van der Waals surface area contributed by atoms with Crippen LogP contribution >= 0.6 is 0 Å². The van der Waals surface area contributed by atoms with Gasteiger partial charge < -0.3 is 4.57 Å². The Morgan fingerprint density at radius 3 is 2.55 bits per heavy atom. The molecule has 0 amide bonds. The van der Waals surface area contributed by atoms with Crippen molar-refractivity contribution in [3.63, 3.8) is 0 Å². The standard InChI is InChI=1S/C15H15F3N2/c1-10-6-7-20-9-13(19-14(20)8-10)11-2-4-12(5-3-11)15(16,17)18/h2-5,9-10H,6-8H2,1H3. The summed E-state index contributed by atoms with van der Waals surface area (Å²) >= 11 is 0. The molecule has 2 aromatic rings. The zero-order valence-electron chi connectivity index (χ0n) is 11.1. The van der Waals surface area contributed by atoms with Crippen molar-refractivity contribution >= 4 is 0 Å². The highest BCUT2D eigenvalue weighted by molar-refractivity contribution is 5.59. The lowest BCUT2D eigenvalue weighted by Gasteiger charge is -2.18. The molecule has 0 bridgehead atoms. The SMILES string of the molecule is CC1CCn2cc(-c3ccc(C(F)(F)F)cc3)nc2C1. The van der Waals surface area contributed by atoms with Gasteiger partial charge in [-0.3, -0.25) is 0 Å². The summed E-state index contributed by atoms with van der Waals surface area (Å²) in [6.45, 7) is 3.13. The van der Waals surface area contributed by atoms with E-state index >= 15 is 0 Å². The van der Waals surface area contributed by atoms with Gasteiger partial charge in [-0.15, -0.1) is 0 Å². The van der Waals surface area contributed by atoms with E-state index in [-0.39, 0.29) is 0 Å². The van der Waals surface area contributed by atoms with Crippen LogP contribution in [0.1, 0.15) is 24.7 Å². The summed E-state index contributed by atoms with van der Waals surface area (Å²) in [5.41, 5.74) is 0.856. The van der Waals surface area contributed by atoms with Crippen LogP contribution < -0.4 is 0 Å². The molecule has 1 aliphatic heterocycles. The van der Waals surface area contributed by atoms with Gasteiger partial charge in [0.2, 0.25) is 0 Å². The molecule has 0 aliphatic carbocycles. The summed E-state index contributed by atoms with van der Waals surface area (Å²) in [6.07, 6.45) is -0.304. The molecule has 2 heterocycles. The van der Waals surface area contributed by atoms with Crippen molar-refractivity contribution < 1.29 is 13.2 Å². The fraction of sp³-hybridized carbons (Fsp3) is 0.400. The monoisotopic (exact) mass is 280 g/mol. The third-order valence-electron chi connectivity index (χ3n) is 3.76. The Kier molecular flexibility index (Phi) is 3.07. The number of rotatable bonds is 1. The van der Waals surface area contributed by atoms with Crippen LogP contribution in [-0.4, -0.2) is 9.55 Å². The van der Waals surface area contributed by atoms with Gasteiger partial charge in [-0.2, -0.15) is 13.2 Å². The van der Waals surface area contributed by atoms with E-state index in [1.807, 2.05) is 6.20 Å². The minimum absolute atomic E-state index is 0.616. The normalized spacial score (nSPS) is 18.9. The van der Waals surface area contributed by atoms with E-state index in [1.165, 1.54) is 12.1 Å². The Balaban J connectivity index is 1.90. The molecule has 1 atom stereocenters. The number of imidazole rings is 1. The van der Waals surface area contributed by atoms with Crippen LogP contribution in [0.4, 0.5) is 13.2 Å². The third kappa shape index (κ3) is 2.44. The van der Waals surface area contributed by atoms with Gasteiger partial charge in [0.25, 0.3) is 0 Å². The summed E-state index contributed by atoms with van der Waals surface area (Å²) in [4.78, 5) is 4.54. The molecule has 1 aliphatic rings. The van der Waals surface area contributed by atoms with E-state index in [1.54, 1.807) is 0 Å². The molecular formula is C15H15F3N2. The van der Waals surface area contributed by atoms with E-state index in [0.717, 1.165) is 48.6 Å². The molecule has 1 aromatic carbocycles. The van der Waals surface area contributed by atoms with E-state index < -0.39 is 11.7 Å². The van der Waals surface area contributed by atoms with Crippen LogP contribution in [0.25, 0.3) is 11.3 Å². The number of nitrogens with zero attached hydrogens (tertiary/aromatic N) is 2. The number of aromatic nitrogens is 2. The molecule has 0 fully saturated rings. The summed E-state index contributed by atoms with van der Waals surface area (Å²) in [5.74, 6) is 1.64. The third-order valence-corrected chi connectivity index (χ3v) is 3.76. The van der Waals surface area contributed by atoms with Crippen molar-refractivity contribution in [3.05, 3.63) is 41.9 Å². The number of benzene rings is 1. The zero-order valence-corrected chi connectivity index (χ0v) is 11.1. The minimum atomic E-state index is -4.29. The van der Waals surface area contributed by atoms with E-state index in [4.69, 9.17) is 0 Å². The number of aryl methyl sites for hydroxylation is 1. The molecule has 106 valence electrons. The Morgan fingerprint density at radius 1 is 1.20 bits per heavy atom. The van der Waals surface area contributed by atoms with Crippen molar-refractivity contribution in [2.24, 2.45) is 5.92 Å². The number of alkyl halides is 3. The quantitative estimate of drug-likeness (QED) is 0.767. The summed E-state index contributed by atoms with van der Waals surface area (Å²) < 4.78 is 39.7. The van der Waals surface area contributed by atoms with Crippen LogP contribution in [-0.2, 0) is 19.1 Å². The Bertz CT molecular complexity index is 611. The Morgan fingerprint density at radius 2 is 1.90 bits per heavy atom. The fourth-order valence-corrected chi connectivity index (χ4v) is 2.55. The summed E-state index contributed by atoms with van der Waals surface area (Å²) in [6, 6.07) is 5.19. The van der Waals surface area contributed by atoms with Gasteiger partial charge in [-0.1, -0.05) is 19.1 Å². The lowest BCUT2D eigenvalue weighted by Crippen LogP contribution is -2.16. The highest BCUT2D eigenvalue weighted by Crippen LogP contribution is 2.31. The van der Waals surface area contributed by atoms with Crippen LogP contribution in [0, 0.1) is 5.92 Å². The van der Waals surface area contributed by atoms with Crippen molar-refractivity contribution in [1.82, 2.24) is 9.55 Å². The molecule has 0 radical (unpaired) electrons. The molecule has 1 unspecified atom stereocenters. The highest BCUT2D eigenvalue weighted by atomic mass is 19.4. The molecule has 1 aromatic heterocycles. The Labute approximate surface area is 115 Å². The average Bonchev–Trinajstić information content (AvgIpc) is 2.80. The molecule has 2 nitrogen and oxygen atoms in total. The molecule has 0 saturated carbocycles. The summed E-state index contributed by atoms with van der Waals surface area (Å²) in [7, 11) is 0. The molecular weight excluding hydrogens is 265 g/mol. The second-order valence-corrected chi connectivity index (χ2v) is 5.41. The number of fused-ring (bicyclic) bond motifs is 1. The largest absolute Gasteiger partial charge is 0.416 e. The van der Waals surface area contributed by atoms with Gasteiger partial charge >= 0.3 is 6.18 Å².